The largest absolute Gasteiger partial charge is 0.383 e. The molecule has 1 aromatic heterocycles. The second-order valence-electron chi connectivity index (χ2n) is 4.02. The Balaban J connectivity index is 3.19. The van der Waals surface area contributed by atoms with E-state index in [2.05, 4.69) is 15.2 Å². The van der Waals surface area contributed by atoms with Crippen LogP contribution in [-0.2, 0) is 9.53 Å². The first-order chi connectivity index (χ1) is 8.52. The molecule has 0 fully saturated rings. The number of hydrogen-bond acceptors (Lipinski definition) is 3. The van der Waals surface area contributed by atoms with Crippen molar-refractivity contribution in [2.24, 2.45) is 0 Å². The average molecular weight is 377 g/mol. The summed E-state index contributed by atoms with van der Waals surface area (Å²) in [5.74, 6) is 2.42. The second kappa shape index (κ2) is 7.12. The van der Waals surface area contributed by atoms with E-state index in [0.29, 0.717) is 6.61 Å². The average Bonchev–Trinajstić information content (AvgIpc) is 2.62. The van der Waals surface area contributed by atoms with Crippen LogP contribution in [0.2, 0.25) is 0 Å². The van der Waals surface area contributed by atoms with Gasteiger partial charge in [0.25, 0.3) is 0 Å². The maximum atomic E-state index is 12.2. The summed E-state index contributed by atoms with van der Waals surface area (Å²) in [6.45, 7) is 6.48. The monoisotopic (exact) mass is 377 g/mol. The van der Waals surface area contributed by atoms with Gasteiger partial charge < -0.3 is 4.74 Å². The third-order valence-electron chi connectivity index (χ3n) is 2.58. The molecule has 18 heavy (non-hydrogen) atoms. The van der Waals surface area contributed by atoms with Crippen LogP contribution in [0.1, 0.15) is 17.4 Å². The molecule has 1 unspecified atom stereocenters. The predicted molar refractivity (Wildman–Crippen MR) is 84.4 cm³/mol. The molecule has 1 aromatic rings. The van der Waals surface area contributed by atoms with E-state index >= 15 is 0 Å². The number of thiophene rings is 1. The number of ether oxygens (including phenoxy) is 1. The molecule has 98 valence electrons. The number of rotatable bonds is 4. The molecule has 0 aliphatic heterocycles. The zero-order valence-corrected chi connectivity index (χ0v) is 13.9. The Morgan fingerprint density at radius 3 is 2.72 bits per heavy atom. The normalized spacial score (nSPS) is 11.6. The second-order valence-corrected chi connectivity index (χ2v) is 5.65. The van der Waals surface area contributed by atoms with Gasteiger partial charge in [-0.3, -0.25) is 9.69 Å². The zero-order chi connectivity index (χ0) is 13.7. The van der Waals surface area contributed by atoms with Crippen LogP contribution in [0.5, 0.6) is 0 Å². The van der Waals surface area contributed by atoms with E-state index in [4.69, 9.17) is 4.74 Å². The van der Waals surface area contributed by atoms with Gasteiger partial charge in [0.1, 0.15) is 0 Å². The lowest BCUT2D eigenvalue weighted by molar-refractivity contribution is -0.114. The molecule has 0 aliphatic carbocycles. The Labute approximate surface area is 126 Å². The minimum Gasteiger partial charge on any atom is -0.383 e. The van der Waals surface area contributed by atoms with Crippen molar-refractivity contribution in [3.63, 3.8) is 0 Å². The standard InChI is InChI=1S/C13H16INO2S/c1-9-8-18-11(3)13(9)15(10(2)7-17-4)12(16)5-6-14/h8,10H,7H2,1-4H3. The molecule has 1 rings (SSSR count). The molecule has 0 N–H and O–H groups in total. The van der Waals surface area contributed by atoms with Crippen LogP contribution in [0.25, 0.3) is 0 Å². The predicted octanol–water partition coefficient (Wildman–Crippen LogP) is 3.13. The Bertz CT molecular complexity index is 467. The Morgan fingerprint density at radius 2 is 2.28 bits per heavy atom. The summed E-state index contributed by atoms with van der Waals surface area (Å²) >= 11 is 3.52. The molecular formula is C13H16INO2S. The van der Waals surface area contributed by atoms with Crippen molar-refractivity contribution >= 4 is 45.5 Å². The first-order valence-electron chi connectivity index (χ1n) is 5.51. The number of hydrogen-bond donors (Lipinski definition) is 0. The Kier molecular flexibility index (Phi) is 6.12. The summed E-state index contributed by atoms with van der Waals surface area (Å²) in [6, 6.07) is -0.0354. The summed E-state index contributed by atoms with van der Waals surface area (Å²) in [7, 11) is 1.64. The number of amides is 1. The first kappa shape index (κ1) is 15.5. The van der Waals surface area contributed by atoms with Crippen LogP contribution in [-0.4, -0.2) is 25.7 Å². The van der Waals surface area contributed by atoms with E-state index < -0.39 is 0 Å². The van der Waals surface area contributed by atoms with Crippen LogP contribution in [0, 0.1) is 23.7 Å². The Hall–Kier alpha value is -0.580. The van der Waals surface area contributed by atoms with Crippen molar-refractivity contribution in [2.45, 2.75) is 26.8 Å². The molecule has 5 heteroatoms. The smallest absolute Gasteiger partial charge is 0.304 e. The zero-order valence-electron chi connectivity index (χ0n) is 10.9. The molecule has 1 amide bonds. The topological polar surface area (TPSA) is 29.5 Å². The highest BCUT2D eigenvalue weighted by Gasteiger charge is 2.24. The lowest BCUT2D eigenvalue weighted by atomic mass is 10.2. The van der Waals surface area contributed by atoms with Gasteiger partial charge in [-0.05, 0) is 35.6 Å². The van der Waals surface area contributed by atoms with Crippen LogP contribution in [0.15, 0.2) is 5.38 Å². The number of halogens is 1. The molecule has 0 aromatic carbocycles. The molecule has 1 heterocycles. The van der Waals surface area contributed by atoms with E-state index in [1.54, 1.807) is 23.3 Å². The molecule has 0 aliphatic rings. The SMILES string of the molecule is COCC(C)N(C(=O)C#CI)c1c(C)csc1C. The van der Waals surface area contributed by atoms with E-state index in [1.165, 1.54) is 0 Å². The van der Waals surface area contributed by atoms with Gasteiger partial charge in [-0.15, -0.1) is 11.3 Å². The molecule has 1 atom stereocenters. The van der Waals surface area contributed by atoms with Gasteiger partial charge in [-0.2, -0.15) is 0 Å². The molecule has 0 saturated heterocycles. The van der Waals surface area contributed by atoms with Crippen LogP contribution in [0.3, 0.4) is 0 Å². The van der Waals surface area contributed by atoms with E-state index in [0.717, 1.165) is 16.1 Å². The van der Waals surface area contributed by atoms with Crippen molar-refractivity contribution in [2.75, 3.05) is 18.6 Å². The highest BCUT2D eigenvalue weighted by atomic mass is 127. The molecular weight excluding hydrogens is 361 g/mol. The fourth-order valence-electron chi connectivity index (χ4n) is 1.86. The number of methoxy groups -OCH3 is 1. The maximum absolute atomic E-state index is 12.2. The van der Waals surface area contributed by atoms with Gasteiger partial charge in [0.15, 0.2) is 0 Å². The summed E-state index contributed by atoms with van der Waals surface area (Å²) in [5.41, 5.74) is 2.07. The lowest BCUT2D eigenvalue weighted by Crippen LogP contribution is -2.41. The summed E-state index contributed by atoms with van der Waals surface area (Å²) in [5, 5.41) is 2.06. The van der Waals surface area contributed by atoms with Crippen LogP contribution in [0.4, 0.5) is 5.69 Å². The minimum atomic E-state index is -0.182. The van der Waals surface area contributed by atoms with Gasteiger partial charge in [-0.25, -0.2) is 0 Å². The van der Waals surface area contributed by atoms with Crippen LogP contribution >= 0.6 is 33.9 Å². The van der Waals surface area contributed by atoms with E-state index in [-0.39, 0.29) is 11.9 Å². The quantitative estimate of drug-likeness (QED) is 0.596. The molecule has 0 spiro atoms. The number of carbonyl (C=O) groups excluding carboxylic acids is 1. The van der Waals surface area contributed by atoms with Crippen molar-refractivity contribution in [1.82, 2.24) is 0 Å². The molecule has 3 nitrogen and oxygen atoms in total. The number of carbonyl (C=O) groups is 1. The summed E-state index contributed by atoms with van der Waals surface area (Å²) in [4.78, 5) is 15.0. The van der Waals surface area contributed by atoms with Gasteiger partial charge >= 0.3 is 5.91 Å². The first-order valence-corrected chi connectivity index (χ1v) is 7.47. The van der Waals surface area contributed by atoms with E-state index in [1.807, 2.05) is 43.4 Å². The van der Waals surface area contributed by atoms with Crippen LogP contribution < -0.4 is 4.90 Å². The molecule has 0 bridgehead atoms. The molecule has 0 saturated carbocycles. The van der Waals surface area contributed by atoms with Gasteiger partial charge in [0.2, 0.25) is 0 Å². The van der Waals surface area contributed by atoms with Crippen molar-refractivity contribution in [3.8, 4) is 9.85 Å². The molecule has 0 radical (unpaired) electrons. The number of aryl methyl sites for hydroxylation is 2. The van der Waals surface area contributed by atoms with E-state index in [9.17, 15) is 4.79 Å². The van der Waals surface area contributed by atoms with Gasteiger partial charge in [0, 0.05) is 40.5 Å². The summed E-state index contributed by atoms with van der Waals surface area (Å²) in [6.07, 6.45) is 0. The van der Waals surface area contributed by atoms with Crippen molar-refractivity contribution in [1.29, 1.82) is 0 Å². The minimum absolute atomic E-state index is 0.0354. The third kappa shape index (κ3) is 3.46. The summed E-state index contributed by atoms with van der Waals surface area (Å²) < 4.78 is 7.79. The van der Waals surface area contributed by atoms with Crippen molar-refractivity contribution < 1.29 is 9.53 Å². The van der Waals surface area contributed by atoms with Crippen molar-refractivity contribution in [3.05, 3.63) is 15.8 Å². The lowest BCUT2D eigenvalue weighted by Gasteiger charge is -2.27. The highest BCUT2D eigenvalue weighted by molar-refractivity contribution is 14.1. The Morgan fingerprint density at radius 1 is 1.61 bits per heavy atom. The fourth-order valence-corrected chi connectivity index (χ4v) is 2.93. The van der Waals surface area contributed by atoms with Gasteiger partial charge in [0.05, 0.1) is 18.3 Å². The number of anilines is 1. The maximum Gasteiger partial charge on any atom is 0.304 e. The third-order valence-corrected chi connectivity index (χ3v) is 3.87. The van der Waals surface area contributed by atoms with Gasteiger partial charge in [-0.1, -0.05) is 0 Å². The number of nitrogens with zero attached hydrogens (tertiary/aromatic N) is 1. The highest BCUT2D eigenvalue weighted by Crippen LogP contribution is 2.31. The fraction of sp³-hybridized carbons (Fsp3) is 0.462.